The van der Waals surface area contributed by atoms with Gasteiger partial charge in [0, 0.05) is 16.3 Å². The first-order valence-corrected chi connectivity index (χ1v) is 9.28. The van der Waals surface area contributed by atoms with E-state index in [9.17, 15) is 0 Å². The van der Waals surface area contributed by atoms with Crippen LogP contribution in [0.5, 0.6) is 0 Å². The molecular formula is C25H20N2. The van der Waals surface area contributed by atoms with E-state index in [1.807, 2.05) is 24.4 Å². The largest absolute Gasteiger partial charge is 0.252 e. The molecule has 0 atom stereocenters. The molecule has 1 aromatic heterocycles. The molecule has 0 amide bonds. The van der Waals surface area contributed by atoms with Crippen molar-refractivity contribution in [2.24, 2.45) is 0 Å². The lowest BCUT2D eigenvalue weighted by Crippen LogP contribution is -1.95. The Morgan fingerprint density at radius 2 is 1.30 bits per heavy atom. The number of benzene rings is 4. The molecule has 2 heteroatoms. The summed E-state index contributed by atoms with van der Waals surface area (Å²) in [6.07, 6.45) is 1.90. The van der Waals surface area contributed by atoms with Gasteiger partial charge in [0.25, 0.3) is 0 Å². The maximum atomic E-state index is 5.07. The molecule has 0 bridgehead atoms. The van der Waals surface area contributed by atoms with Gasteiger partial charge in [0.15, 0.2) is 0 Å². The summed E-state index contributed by atoms with van der Waals surface area (Å²) in [5.41, 5.74) is 7.78. The highest BCUT2D eigenvalue weighted by Crippen LogP contribution is 2.38. The molecular weight excluding hydrogens is 328 g/mol. The molecule has 0 N–H and O–H groups in total. The Kier molecular flexibility index (Phi) is 3.48. The first kappa shape index (κ1) is 16.0. The highest BCUT2D eigenvalue weighted by molar-refractivity contribution is 6.25. The maximum Gasteiger partial charge on any atom is 0.0979 e. The van der Waals surface area contributed by atoms with E-state index >= 15 is 0 Å². The number of fused-ring (bicyclic) bond motifs is 6. The zero-order chi connectivity index (χ0) is 18.5. The molecule has 0 fully saturated rings. The quantitative estimate of drug-likeness (QED) is 0.322. The number of hydrogen-bond acceptors (Lipinski definition) is 2. The summed E-state index contributed by atoms with van der Waals surface area (Å²) in [7, 11) is 0. The summed E-state index contributed by atoms with van der Waals surface area (Å²) in [5, 5.41) is 4.99. The molecule has 0 aliphatic rings. The van der Waals surface area contributed by atoms with Crippen LogP contribution in [0.3, 0.4) is 0 Å². The van der Waals surface area contributed by atoms with E-state index in [0.29, 0.717) is 0 Å². The monoisotopic (exact) mass is 348 g/mol. The molecule has 130 valence electrons. The Hall–Kier alpha value is -3.26. The van der Waals surface area contributed by atoms with E-state index in [0.717, 1.165) is 22.3 Å². The Bertz CT molecular complexity index is 1300. The molecule has 0 unspecified atom stereocenters. The van der Waals surface area contributed by atoms with Crippen LogP contribution in [0.25, 0.3) is 43.8 Å². The van der Waals surface area contributed by atoms with Crippen molar-refractivity contribution in [2.45, 2.75) is 20.8 Å². The molecule has 0 saturated heterocycles. The minimum Gasteiger partial charge on any atom is -0.252 e. The third kappa shape index (κ3) is 2.33. The smallest absolute Gasteiger partial charge is 0.0979 e. The minimum atomic E-state index is 0.913. The van der Waals surface area contributed by atoms with Crippen LogP contribution in [0, 0.1) is 20.8 Å². The lowest BCUT2D eigenvalue weighted by molar-refractivity contribution is 1.30. The van der Waals surface area contributed by atoms with Crippen LogP contribution in [0.2, 0.25) is 0 Å². The molecule has 0 spiro atoms. The van der Waals surface area contributed by atoms with Gasteiger partial charge in [0.2, 0.25) is 0 Å². The number of nitrogens with zero attached hydrogens (tertiary/aromatic N) is 2. The van der Waals surface area contributed by atoms with Crippen molar-refractivity contribution in [3.05, 3.63) is 83.6 Å². The predicted octanol–water partition coefficient (Wildman–Crippen LogP) is 6.53. The molecule has 2 nitrogen and oxygen atoms in total. The van der Waals surface area contributed by atoms with Crippen molar-refractivity contribution in [1.82, 2.24) is 9.97 Å². The highest BCUT2D eigenvalue weighted by Gasteiger charge is 2.16. The topological polar surface area (TPSA) is 25.8 Å². The van der Waals surface area contributed by atoms with E-state index in [1.54, 1.807) is 0 Å². The van der Waals surface area contributed by atoms with Crippen molar-refractivity contribution < 1.29 is 0 Å². The third-order valence-corrected chi connectivity index (χ3v) is 5.48. The Labute approximate surface area is 158 Å². The van der Waals surface area contributed by atoms with Crippen LogP contribution in [0.4, 0.5) is 0 Å². The van der Waals surface area contributed by atoms with Crippen LogP contribution in [-0.2, 0) is 0 Å². The van der Waals surface area contributed by atoms with E-state index in [1.165, 1.54) is 38.2 Å². The van der Waals surface area contributed by atoms with Crippen LogP contribution in [0.1, 0.15) is 16.7 Å². The van der Waals surface area contributed by atoms with Crippen LogP contribution in [-0.4, -0.2) is 9.97 Å². The second-order valence-electron chi connectivity index (χ2n) is 7.27. The molecule has 27 heavy (non-hydrogen) atoms. The van der Waals surface area contributed by atoms with Crippen LogP contribution < -0.4 is 0 Å². The van der Waals surface area contributed by atoms with Crippen LogP contribution >= 0.6 is 0 Å². The fraction of sp³-hybridized carbons (Fsp3) is 0.120. The van der Waals surface area contributed by atoms with Gasteiger partial charge in [0.1, 0.15) is 0 Å². The second-order valence-corrected chi connectivity index (χ2v) is 7.27. The first-order valence-electron chi connectivity index (χ1n) is 9.28. The minimum absolute atomic E-state index is 0.913. The van der Waals surface area contributed by atoms with E-state index < -0.39 is 0 Å². The summed E-state index contributed by atoms with van der Waals surface area (Å²) in [6.45, 7) is 6.53. The Morgan fingerprint density at radius 1 is 0.593 bits per heavy atom. The average Bonchev–Trinajstić information content (AvgIpc) is 2.70. The van der Waals surface area contributed by atoms with Gasteiger partial charge in [-0.15, -0.1) is 0 Å². The standard InChI is InChI=1S/C25H20N2/c1-15-8-7-11-19-21(15)22-16(2)12-13-17(3)23(22)25-24(19)27-20(14-26-25)18-9-5-4-6-10-18/h4-14H,1-3H3. The van der Waals surface area contributed by atoms with E-state index in [-0.39, 0.29) is 0 Å². The number of aromatic nitrogens is 2. The summed E-state index contributed by atoms with van der Waals surface area (Å²) < 4.78 is 0. The van der Waals surface area contributed by atoms with Gasteiger partial charge in [-0.1, -0.05) is 60.7 Å². The van der Waals surface area contributed by atoms with Crippen molar-refractivity contribution >= 4 is 32.6 Å². The third-order valence-electron chi connectivity index (χ3n) is 5.48. The summed E-state index contributed by atoms with van der Waals surface area (Å²) in [5.74, 6) is 0. The Balaban J connectivity index is 2.04. The summed E-state index contributed by atoms with van der Waals surface area (Å²) in [4.78, 5) is 9.98. The van der Waals surface area contributed by atoms with E-state index in [2.05, 4.69) is 63.2 Å². The van der Waals surface area contributed by atoms with Gasteiger partial charge in [-0.05, 0) is 48.2 Å². The van der Waals surface area contributed by atoms with Crippen molar-refractivity contribution in [3.63, 3.8) is 0 Å². The van der Waals surface area contributed by atoms with Crippen molar-refractivity contribution in [3.8, 4) is 11.3 Å². The molecule has 4 aromatic carbocycles. The van der Waals surface area contributed by atoms with Gasteiger partial charge in [-0.25, -0.2) is 4.98 Å². The number of aryl methyl sites for hydroxylation is 3. The van der Waals surface area contributed by atoms with Gasteiger partial charge < -0.3 is 0 Å². The fourth-order valence-electron chi connectivity index (χ4n) is 4.14. The molecule has 5 rings (SSSR count). The molecule has 0 radical (unpaired) electrons. The van der Waals surface area contributed by atoms with Gasteiger partial charge in [-0.2, -0.15) is 0 Å². The molecule has 0 saturated carbocycles. The summed E-state index contributed by atoms with van der Waals surface area (Å²) in [6, 6.07) is 21.1. The molecule has 1 heterocycles. The van der Waals surface area contributed by atoms with Crippen molar-refractivity contribution in [2.75, 3.05) is 0 Å². The fourth-order valence-corrected chi connectivity index (χ4v) is 4.14. The zero-order valence-corrected chi connectivity index (χ0v) is 15.7. The molecule has 0 aliphatic heterocycles. The normalized spacial score (nSPS) is 11.5. The number of hydrogen-bond donors (Lipinski definition) is 0. The predicted molar refractivity (Wildman–Crippen MR) is 114 cm³/mol. The van der Waals surface area contributed by atoms with E-state index in [4.69, 9.17) is 9.97 Å². The first-order chi connectivity index (χ1) is 13.1. The van der Waals surface area contributed by atoms with Gasteiger partial charge in [-0.3, -0.25) is 4.98 Å². The van der Waals surface area contributed by atoms with Gasteiger partial charge >= 0.3 is 0 Å². The second kappa shape index (κ2) is 5.88. The van der Waals surface area contributed by atoms with Gasteiger partial charge in [0.05, 0.1) is 22.9 Å². The summed E-state index contributed by atoms with van der Waals surface area (Å²) >= 11 is 0. The average molecular weight is 348 g/mol. The Morgan fingerprint density at radius 3 is 2.07 bits per heavy atom. The highest BCUT2D eigenvalue weighted by atomic mass is 14.8. The van der Waals surface area contributed by atoms with Crippen LogP contribution in [0.15, 0.2) is 66.9 Å². The lowest BCUT2D eigenvalue weighted by atomic mass is 9.91. The SMILES string of the molecule is Cc1cccc2c3nc(-c4ccccc4)cnc3c3c(C)ccc(C)c3c12. The molecule has 0 aliphatic carbocycles. The molecule has 5 aromatic rings. The number of rotatable bonds is 1. The zero-order valence-electron chi connectivity index (χ0n) is 15.7. The van der Waals surface area contributed by atoms with Crippen molar-refractivity contribution in [1.29, 1.82) is 0 Å². The lowest BCUT2D eigenvalue weighted by Gasteiger charge is -2.15. The maximum absolute atomic E-state index is 5.07.